The number of pyridine rings is 1. The van der Waals surface area contributed by atoms with Crippen LogP contribution in [0.2, 0.25) is 0 Å². The number of nitro groups is 1. The molecule has 0 aliphatic heterocycles. The Hall–Kier alpha value is -1.89. The Balaban J connectivity index is 2.84. The van der Waals surface area contributed by atoms with Gasteiger partial charge in [0.1, 0.15) is 5.82 Å². The molecule has 0 aliphatic carbocycles. The van der Waals surface area contributed by atoms with Crippen molar-refractivity contribution in [2.75, 3.05) is 30.8 Å². The number of nitrogens with two attached hydrogens (primary N) is 2. The number of nitrogens with zero attached hydrogens (tertiary/aromatic N) is 3. The molecule has 0 radical (unpaired) electrons. The molecule has 0 aliphatic rings. The van der Waals surface area contributed by atoms with Crippen molar-refractivity contribution in [3.63, 3.8) is 0 Å². The average molecular weight is 225 g/mol. The first-order chi connectivity index (χ1) is 7.56. The third-order valence-corrected chi connectivity index (χ3v) is 2.17. The molecule has 1 aromatic heterocycles. The third kappa shape index (κ3) is 2.80. The zero-order valence-electron chi connectivity index (χ0n) is 9.09. The molecule has 4 N–H and O–H groups in total. The first-order valence-electron chi connectivity index (χ1n) is 4.88. The maximum absolute atomic E-state index is 10.5. The van der Waals surface area contributed by atoms with Crippen LogP contribution in [0.3, 0.4) is 0 Å². The van der Waals surface area contributed by atoms with Gasteiger partial charge in [-0.1, -0.05) is 0 Å². The van der Waals surface area contributed by atoms with Crippen LogP contribution in [-0.4, -0.2) is 30.0 Å². The molecule has 0 amide bonds. The van der Waals surface area contributed by atoms with E-state index < -0.39 is 4.92 Å². The summed E-state index contributed by atoms with van der Waals surface area (Å²) in [5.74, 6) is 0.540. The summed E-state index contributed by atoms with van der Waals surface area (Å²) >= 11 is 0. The summed E-state index contributed by atoms with van der Waals surface area (Å²) in [5.41, 5.74) is 10.7. The van der Waals surface area contributed by atoms with Crippen LogP contribution in [0.4, 0.5) is 17.3 Å². The summed E-state index contributed by atoms with van der Waals surface area (Å²) in [6, 6.07) is 2.93. The van der Waals surface area contributed by atoms with Gasteiger partial charge in [0, 0.05) is 19.7 Å². The maximum atomic E-state index is 10.5. The summed E-state index contributed by atoms with van der Waals surface area (Å²) in [6.45, 7) is 1.33. The van der Waals surface area contributed by atoms with E-state index in [0.29, 0.717) is 12.4 Å². The standard InChI is InChI=1S/C9H15N5O2/c1-13(6-2-5-10)8-4-3-7(14(15)16)9(11)12-8/h3-4H,2,5-6,10H2,1H3,(H2,11,12). The topological polar surface area (TPSA) is 111 Å². The van der Waals surface area contributed by atoms with E-state index in [9.17, 15) is 10.1 Å². The summed E-state index contributed by atoms with van der Waals surface area (Å²) in [5, 5.41) is 10.5. The lowest BCUT2D eigenvalue weighted by atomic mass is 10.3. The predicted molar refractivity (Wildman–Crippen MR) is 62.2 cm³/mol. The van der Waals surface area contributed by atoms with Gasteiger partial charge in [-0.2, -0.15) is 0 Å². The van der Waals surface area contributed by atoms with Crippen LogP contribution in [0.25, 0.3) is 0 Å². The second-order valence-electron chi connectivity index (χ2n) is 3.39. The number of hydrogen-bond acceptors (Lipinski definition) is 6. The Morgan fingerprint density at radius 1 is 1.56 bits per heavy atom. The van der Waals surface area contributed by atoms with Crippen molar-refractivity contribution in [2.45, 2.75) is 6.42 Å². The molecular formula is C9H15N5O2. The van der Waals surface area contributed by atoms with Gasteiger partial charge >= 0.3 is 5.69 Å². The van der Waals surface area contributed by atoms with E-state index in [0.717, 1.165) is 13.0 Å². The fourth-order valence-electron chi connectivity index (χ4n) is 1.27. The highest BCUT2D eigenvalue weighted by Gasteiger charge is 2.14. The highest BCUT2D eigenvalue weighted by Crippen LogP contribution is 2.22. The zero-order valence-corrected chi connectivity index (χ0v) is 9.09. The van der Waals surface area contributed by atoms with Crippen LogP contribution >= 0.6 is 0 Å². The Labute approximate surface area is 93.2 Å². The van der Waals surface area contributed by atoms with Gasteiger partial charge in [-0.15, -0.1) is 0 Å². The van der Waals surface area contributed by atoms with Crippen molar-refractivity contribution < 1.29 is 4.92 Å². The molecular weight excluding hydrogens is 210 g/mol. The molecule has 16 heavy (non-hydrogen) atoms. The molecule has 1 rings (SSSR count). The lowest BCUT2D eigenvalue weighted by molar-refractivity contribution is -0.384. The fourth-order valence-corrected chi connectivity index (χ4v) is 1.27. The Bertz CT molecular complexity index is 382. The van der Waals surface area contributed by atoms with E-state index >= 15 is 0 Å². The van der Waals surface area contributed by atoms with E-state index in [1.165, 1.54) is 6.07 Å². The molecule has 0 spiro atoms. The van der Waals surface area contributed by atoms with E-state index in [4.69, 9.17) is 11.5 Å². The monoisotopic (exact) mass is 225 g/mol. The number of anilines is 2. The fraction of sp³-hybridized carbons (Fsp3) is 0.444. The quantitative estimate of drug-likeness (QED) is 0.552. The highest BCUT2D eigenvalue weighted by molar-refractivity contribution is 5.57. The smallest absolute Gasteiger partial charge is 0.311 e. The van der Waals surface area contributed by atoms with E-state index in [2.05, 4.69) is 4.98 Å². The molecule has 0 atom stereocenters. The van der Waals surface area contributed by atoms with Gasteiger partial charge in [-0.25, -0.2) is 4.98 Å². The molecule has 7 nitrogen and oxygen atoms in total. The Morgan fingerprint density at radius 2 is 2.25 bits per heavy atom. The van der Waals surface area contributed by atoms with Gasteiger partial charge in [0.25, 0.3) is 0 Å². The van der Waals surface area contributed by atoms with Crippen LogP contribution < -0.4 is 16.4 Å². The number of rotatable bonds is 5. The summed E-state index contributed by atoms with van der Waals surface area (Å²) in [7, 11) is 1.84. The van der Waals surface area contributed by atoms with Crippen molar-refractivity contribution in [1.82, 2.24) is 4.98 Å². The summed E-state index contributed by atoms with van der Waals surface area (Å²) in [6.07, 6.45) is 0.828. The van der Waals surface area contributed by atoms with Crippen molar-refractivity contribution in [3.8, 4) is 0 Å². The first-order valence-corrected chi connectivity index (χ1v) is 4.88. The molecule has 7 heteroatoms. The second-order valence-corrected chi connectivity index (χ2v) is 3.39. The number of aromatic nitrogens is 1. The Morgan fingerprint density at radius 3 is 2.75 bits per heavy atom. The normalized spacial score (nSPS) is 10.1. The minimum absolute atomic E-state index is 0.0675. The number of hydrogen-bond donors (Lipinski definition) is 2. The van der Waals surface area contributed by atoms with Crippen LogP contribution in [0.5, 0.6) is 0 Å². The van der Waals surface area contributed by atoms with Crippen LogP contribution in [-0.2, 0) is 0 Å². The minimum Gasteiger partial charge on any atom is -0.378 e. The third-order valence-electron chi connectivity index (χ3n) is 2.17. The van der Waals surface area contributed by atoms with Crippen molar-refractivity contribution >= 4 is 17.3 Å². The van der Waals surface area contributed by atoms with Gasteiger partial charge in [0.15, 0.2) is 0 Å². The molecule has 0 fully saturated rings. The molecule has 1 heterocycles. The van der Waals surface area contributed by atoms with Gasteiger partial charge in [0.05, 0.1) is 4.92 Å². The number of nitrogen functional groups attached to an aromatic ring is 1. The van der Waals surface area contributed by atoms with Gasteiger partial charge in [-0.05, 0) is 19.0 Å². The molecule has 0 aromatic carbocycles. The molecule has 0 unspecified atom stereocenters. The SMILES string of the molecule is CN(CCCN)c1ccc([N+](=O)[O-])c(N)n1. The molecule has 0 saturated heterocycles. The van der Waals surface area contributed by atoms with Crippen LogP contribution in [0.1, 0.15) is 6.42 Å². The first kappa shape index (κ1) is 12.2. The van der Waals surface area contributed by atoms with Crippen LogP contribution in [0, 0.1) is 10.1 Å². The van der Waals surface area contributed by atoms with Crippen molar-refractivity contribution in [3.05, 3.63) is 22.2 Å². The van der Waals surface area contributed by atoms with Gasteiger partial charge in [-0.3, -0.25) is 10.1 Å². The van der Waals surface area contributed by atoms with E-state index in [1.807, 2.05) is 11.9 Å². The Kier molecular flexibility index (Phi) is 4.01. The predicted octanol–water partition coefficient (Wildman–Crippen LogP) is 0.357. The van der Waals surface area contributed by atoms with Crippen molar-refractivity contribution in [2.24, 2.45) is 5.73 Å². The minimum atomic E-state index is -0.550. The molecule has 88 valence electrons. The van der Waals surface area contributed by atoms with Gasteiger partial charge < -0.3 is 16.4 Å². The largest absolute Gasteiger partial charge is 0.378 e. The van der Waals surface area contributed by atoms with Crippen molar-refractivity contribution in [1.29, 1.82) is 0 Å². The highest BCUT2D eigenvalue weighted by atomic mass is 16.6. The van der Waals surface area contributed by atoms with E-state index in [1.54, 1.807) is 6.07 Å². The average Bonchev–Trinajstić information content (AvgIpc) is 2.25. The van der Waals surface area contributed by atoms with Gasteiger partial charge in [0.2, 0.25) is 5.82 Å². The van der Waals surface area contributed by atoms with E-state index in [-0.39, 0.29) is 11.5 Å². The summed E-state index contributed by atoms with van der Waals surface area (Å²) in [4.78, 5) is 15.8. The second kappa shape index (κ2) is 5.26. The molecule has 0 bridgehead atoms. The summed E-state index contributed by atoms with van der Waals surface area (Å²) < 4.78 is 0. The zero-order chi connectivity index (χ0) is 12.1. The lowest BCUT2D eigenvalue weighted by Gasteiger charge is -2.17. The lowest BCUT2D eigenvalue weighted by Crippen LogP contribution is -2.22. The molecule has 1 aromatic rings. The maximum Gasteiger partial charge on any atom is 0.311 e. The van der Waals surface area contributed by atoms with Crippen LogP contribution in [0.15, 0.2) is 12.1 Å². The molecule has 0 saturated carbocycles.